The van der Waals surface area contributed by atoms with E-state index in [0.717, 1.165) is 72.7 Å². The molecule has 0 fully saturated rings. The normalized spacial score (nSPS) is 11.5. The van der Waals surface area contributed by atoms with Crippen molar-refractivity contribution in [2.75, 3.05) is 0 Å². The first-order valence-corrected chi connectivity index (χ1v) is 15.5. The van der Waals surface area contributed by atoms with Crippen LogP contribution >= 0.6 is 0 Å². The lowest BCUT2D eigenvalue weighted by molar-refractivity contribution is 1.11. The van der Waals surface area contributed by atoms with Gasteiger partial charge in [0.05, 0.1) is 27.9 Å². The molecule has 0 atom stereocenters. The molecule has 3 heterocycles. The fourth-order valence-electron chi connectivity index (χ4n) is 6.73. The van der Waals surface area contributed by atoms with Crippen LogP contribution in [0, 0.1) is 0 Å². The number of H-pyrrole nitrogens is 1. The van der Waals surface area contributed by atoms with Crippen molar-refractivity contribution in [1.82, 2.24) is 19.5 Å². The molecule has 0 saturated carbocycles. The number of aromatic nitrogens is 4. The largest absolute Gasteiger partial charge is 0.354 e. The van der Waals surface area contributed by atoms with Gasteiger partial charge in [-0.2, -0.15) is 0 Å². The van der Waals surface area contributed by atoms with Crippen LogP contribution < -0.4 is 0 Å². The van der Waals surface area contributed by atoms with E-state index in [-0.39, 0.29) is 0 Å². The second-order valence-electron chi connectivity index (χ2n) is 11.5. The zero-order valence-electron chi connectivity index (χ0n) is 24.9. The summed E-state index contributed by atoms with van der Waals surface area (Å²) in [6.45, 7) is 0. The van der Waals surface area contributed by atoms with E-state index >= 15 is 0 Å². The number of imidazole rings is 1. The van der Waals surface area contributed by atoms with Crippen molar-refractivity contribution >= 4 is 32.8 Å². The molecular weight excluding hydrogens is 560 g/mol. The summed E-state index contributed by atoms with van der Waals surface area (Å²) in [5.41, 5.74) is 12.8. The molecule has 0 bridgehead atoms. The van der Waals surface area contributed by atoms with Crippen molar-refractivity contribution in [3.8, 4) is 50.6 Å². The molecule has 0 aliphatic heterocycles. The van der Waals surface area contributed by atoms with E-state index in [9.17, 15) is 0 Å². The number of hydrogen-bond acceptors (Lipinski definition) is 2. The zero-order valence-corrected chi connectivity index (χ0v) is 24.9. The summed E-state index contributed by atoms with van der Waals surface area (Å²) in [6, 6.07) is 55.3. The Bertz CT molecular complexity index is 2520. The highest BCUT2D eigenvalue weighted by atomic mass is 15.1. The molecule has 6 aromatic carbocycles. The molecule has 4 heteroatoms. The molecule has 0 aliphatic rings. The number of benzene rings is 6. The predicted molar refractivity (Wildman–Crippen MR) is 190 cm³/mol. The number of nitrogens with zero attached hydrogens (tertiary/aromatic N) is 3. The molecule has 3 aromatic heterocycles. The Morgan fingerprint density at radius 1 is 0.500 bits per heavy atom. The Hall–Kier alpha value is -6.26. The maximum absolute atomic E-state index is 5.52. The molecule has 46 heavy (non-hydrogen) atoms. The van der Waals surface area contributed by atoms with Gasteiger partial charge in [0.1, 0.15) is 5.82 Å². The van der Waals surface area contributed by atoms with Gasteiger partial charge in [-0.05, 0) is 53.6 Å². The summed E-state index contributed by atoms with van der Waals surface area (Å²) < 4.78 is 2.34. The highest BCUT2D eigenvalue weighted by molar-refractivity contribution is 6.12. The second kappa shape index (κ2) is 10.7. The first-order valence-electron chi connectivity index (χ1n) is 15.5. The van der Waals surface area contributed by atoms with E-state index in [0.29, 0.717) is 0 Å². The van der Waals surface area contributed by atoms with Gasteiger partial charge in [0.25, 0.3) is 0 Å². The molecule has 0 saturated heterocycles. The number of fused-ring (bicyclic) bond motifs is 4. The van der Waals surface area contributed by atoms with Crippen molar-refractivity contribution in [2.24, 2.45) is 0 Å². The number of nitrogens with one attached hydrogen (secondary N) is 1. The van der Waals surface area contributed by atoms with Gasteiger partial charge in [-0.25, -0.2) is 4.98 Å². The summed E-state index contributed by atoms with van der Waals surface area (Å²) in [6.07, 6.45) is 1.84. The molecule has 9 aromatic rings. The average Bonchev–Trinajstić information content (AvgIpc) is 3.71. The molecule has 216 valence electrons. The first kappa shape index (κ1) is 26.2. The lowest BCUT2D eigenvalue weighted by Crippen LogP contribution is -2.00. The third kappa shape index (κ3) is 4.23. The maximum atomic E-state index is 5.52. The minimum absolute atomic E-state index is 0.892. The van der Waals surface area contributed by atoms with Crippen LogP contribution in [0.3, 0.4) is 0 Å². The molecule has 0 aliphatic carbocycles. The summed E-state index contributed by atoms with van der Waals surface area (Å²) in [5.74, 6) is 0.892. The monoisotopic (exact) mass is 588 g/mol. The van der Waals surface area contributed by atoms with E-state index in [4.69, 9.17) is 4.98 Å². The zero-order chi connectivity index (χ0) is 30.5. The van der Waals surface area contributed by atoms with Gasteiger partial charge in [0, 0.05) is 44.7 Å². The SMILES string of the molecule is c1ccc(-c2ccccc2-n2c(-c3cccc4c3[nH]c3ccccc34)nc3c(-c4cccc(-c5ccccn5)c4)cccc32)cc1. The van der Waals surface area contributed by atoms with Gasteiger partial charge >= 0.3 is 0 Å². The van der Waals surface area contributed by atoms with Crippen molar-refractivity contribution in [1.29, 1.82) is 0 Å². The van der Waals surface area contributed by atoms with E-state index in [1.807, 2.05) is 24.4 Å². The smallest absolute Gasteiger partial charge is 0.147 e. The third-order valence-electron chi connectivity index (χ3n) is 8.83. The number of aromatic amines is 1. The van der Waals surface area contributed by atoms with Gasteiger partial charge < -0.3 is 4.98 Å². The lowest BCUT2D eigenvalue weighted by Gasteiger charge is -2.15. The maximum Gasteiger partial charge on any atom is 0.147 e. The van der Waals surface area contributed by atoms with E-state index in [1.54, 1.807) is 0 Å². The number of rotatable bonds is 5. The van der Waals surface area contributed by atoms with Crippen LogP contribution in [-0.4, -0.2) is 19.5 Å². The van der Waals surface area contributed by atoms with Crippen molar-refractivity contribution in [2.45, 2.75) is 0 Å². The minimum Gasteiger partial charge on any atom is -0.354 e. The predicted octanol–water partition coefficient (Wildman–Crippen LogP) is 10.7. The summed E-state index contributed by atoms with van der Waals surface area (Å²) in [5, 5.41) is 2.39. The topological polar surface area (TPSA) is 46.5 Å². The molecule has 1 N–H and O–H groups in total. The second-order valence-corrected chi connectivity index (χ2v) is 11.5. The Labute approximate surface area is 266 Å². The molecule has 0 unspecified atom stereocenters. The van der Waals surface area contributed by atoms with Crippen molar-refractivity contribution in [3.63, 3.8) is 0 Å². The molecular formula is C42H28N4. The van der Waals surface area contributed by atoms with Gasteiger partial charge in [-0.15, -0.1) is 0 Å². The molecule has 0 spiro atoms. The fourth-order valence-corrected chi connectivity index (χ4v) is 6.73. The highest BCUT2D eigenvalue weighted by Crippen LogP contribution is 2.40. The summed E-state index contributed by atoms with van der Waals surface area (Å²) in [7, 11) is 0. The Balaban J connectivity index is 1.35. The van der Waals surface area contributed by atoms with Crippen LogP contribution in [0.5, 0.6) is 0 Å². The number of hydrogen-bond donors (Lipinski definition) is 1. The van der Waals surface area contributed by atoms with Gasteiger partial charge in [0.2, 0.25) is 0 Å². The standard InChI is InChI=1S/C42H28N4/c1-2-13-28(14-3-1)31-17-5-7-24-38(31)46-39-25-12-19-32(29-15-10-16-30(27-29)36-22-8-9-26-43-36)41(39)45-42(46)35-21-11-20-34-33-18-4-6-23-37(33)44-40(34)35/h1-27,44H. The van der Waals surface area contributed by atoms with Gasteiger partial charge in [0.15, 0.2) is 0 Å². The fraction of sp³-hybridized carbons (Fsp3) is 0. The Morgan fingerprint density at radius 2 is 1.20 bits per heavy atom. The lowest BCUT2D eigenvalue weighted by atomic mass is 10.00. The van der Waals surface area contributed by atoms with Crippen LogP contribution in [0.2, 0.25) is 0 Å². The molecule has 9 rings (SSSR count). The van der Waals surface area contributed by atoms with Crippen molar-refractivity contribution < 1.29 is 0 Å². The average molecular weight is 589 g/mol. The van der Waals surface area contributed by atoms with Crippen LogP contribution in [-0.2, 0) is 0 Å². The van der Waals surface area contributed by atoms with E-state index in [2.05, 4.69) is 154 Å². The molecule has 0 amide bonds. The highest BCUT2D eigenvalue weighted by Gasteiger charge is 2.22. The quantitative estimate of drug-likeness (QED) is 0.217. The van der Waals surface area contributed by atoms with Crippen molar-refractivity contribution in [3.05, 3.63) is 164 Å². The first-order chi connectivity index (χ1) is 22.8. The molecule has 0 radical (unpaired) electrons. The van der Waals surface area contributed by atoms with E-state index < -0.39 is 0 Å². The number of para-hydroxylation sites is 4. The molecule has 4 nitrogen and oxygen atoms in total. The third-order valence-corrected chi connectivity index (χ3v) is 8.83. The van der Waals surface area contributed by atoms with Gasteiger partial charge in [-0.3, -0.25) is 9.55 Å². The van der Waals surface area contributed by atoms with E-state index in [1.165, 1.54) is 10.8 Å². The van der Waals surface area contributed by atoms with Crippen LogP contribution in [0.15, 0.2) is 164 Å². The summed E-state index contributed by atoms with van der Waals surface area (Å²) in [4.78, 5) is 13.9. The minimum atomic E-state index is 0.892. The van der Waals surface area contributed by atoms with Crippen LogP contribution in [0.25, 0.3) is 83.4 Å². The number of pyridine rings is 1. The summed E-state index contributed by atoms with van der Waals surface area (Å²) >= 11 is 0. The Kier molecular flexibility index (Phi) is 6.10. The van der Waals surface area contributed by atoms with Gasteiger partial charge in [-0.1, -0.05) is 115 Å². The Morgan fingerprint density at radius 3 is 2.11 bits per heavy atom. The van der Waals surface area contributed by atoms with Crippen LogP contribution in [0.4, 0.5) is 0 Å². The van der Waals surface area contributed by atoms with Crippen LogP contribution in [0.1, 0.15) is 0 Å².